The van der Waals surface area contributed by atoms with Crippen LogP contribution in [0.1, 0.15) is 47.4 Å². The van der Waals surface area contributed by atoms with Crippen LogP contribution < -0.4 is 11.1 Å². The zero-order valence-corrected chi connectivity index (χ0v) is 14.6. The monoisotopic (exact) mass is 326 g/mol. The molecule has 5 heteroatoms. The first-order valence-electron chi connectivity index (χ1n) is 8.74. The fraction of sp³-hybridized carbons (Fsp3) is 0.474. The Labute approximate surface area is 143 Å². The minimum Gasteiger partial charge on any atom is -0.370 e. The van der Waals surface area contributed by atoms with Gasteiger partial charge in [0.05, 0.1) is 5.69 Å². The Morgan fingerprint density at radius 1 is 1.29 bits per heavy atom. The van der Waals surface area contributed by atoms with E-state index in [0.29, 0.717) is 12.5 Å². The number of aryl methyl sites for hydroxylation is 3. The van der Waals surface area contributed by atoms with Crippen molar-refractivity contribution in [2.45, 2.75) is 52.4 Å². The summed E-state index contributed by atoms with van der Waals surface area (Å²) in [6, 6.07) is 6.41. The molecule has 1 aliphatic rings. The first-order chi connectivity index (χ1) is 11.6. The SMILES string of the molecule is Cc1noc(C)c1CCCN=C(N)Nc1cccc2c1CCCC2. The average molecular weight is 326 g/mol. The molecule has 1 aliphatic carbocycles. The fourth-order valence-electron chi connectivity index (χ4n) is 3.39. The summed E-state index contributed by atoms with van der Waals surface area (Å²) >= 11 is 0. The minimum atomic E-state index is 0.493. The summed E-state index contributed by atoms with van der Waals surface area (Å²) in [5.41, 5.74) is 12.2. The van der Waals surface area contributed by atoms with Crippen molar-refractivity contribution in [1.82, 2.24) is 5.16 Å². The van der Waals surface area contributed by atoms with E-state index in [9.17, 15) is 0 Å². The second-order valence-electron chi connectivity index (χ2n) is 6.45. The number of nitrogens with one attached hydrogen (secondary N) is 1. The quantitative estimate of drug-likeness (QED) is 0.500. The summed E-state index contributed by atoms with van der Waals surface area (Å²) in [7, 11) is 0. The number of aliphatic imine (C=N–C) groups is 1. The first kappa shape index (κ1) is 16.6. The maximum atomic E-state index is 6.07. The summed E-state index contributed by atoms with van der Waals surface area (Å²) in [4.78, 5) is 4.46. The summed E-state index contributed by atoms with van der Waals surface area (Å²) in [6.07, 6.45) is 6.66. The maximum Gasteiger partial charge on any atom is 0.193 e. The molecule has 1 heterocycles. The van der Waals surface area contributed by atoms with Crippen LogP contribution in [-0.2, 0) is 19.3 Å². The molecule has 128 valence electrons. The molecule has 0 spiro atoms. The molecule has 0 unspecified atom stereocenters. The van der Waals surface area contributed by atoms with Gasteiger partial charge >= 0.3 is 0 Å². The number of rotatable bonds is 5. The van der Waals surface area contributed by atoms with Gasteiger partial charge in [0.1, 0.15) is 5.76 Å². The number of nitrogens with zero attached hydrogens (tertiary/aromatic N) is 2. The first-order valence-corrected chi connectivity index (χ1v) is 8.74. The molecule has 24 heavy (non-hydrogen) atoms. The van der Waals surface area contributed by atoms with Crippen molar-refractivity contribution in [3.63, 3.8) is 0 Å². The van der Waals surface area contributed by atoms with Gasteiger partial charge < -0.3 is 15.6 Å². The van der Waals surface area contributed by atoms with Gasteiger partial charge in [-0.1, -0.05) is 17.3 Å². The smallest absolute Gasteiger partial charge is 0.193 e. The van der Waals surface area contributed by atoms with Crippen LogP contribution in [0.4, 0.5) is 5.69 Å². The van der Waals surface area contributed by atoms with Crippen LogP contribution in [0.5, 0.6) is 0 Å². The molecular weight excluding hydrogens is 300 g/mol. The van der Waals surface area contributed by atoms with Crippen molar-refractivity contribution in [1.29, 1.82) is 0 Å². The Morgan fingerprint density at radius 2 is 2.12 bits per heavy atom. The topological polar surface area (TPSA) is 76.4 Å². The molecule has 5 nitrogen and oxygen atoms in total. The van der Waals surface area contributed by atoms with Gasteiger partial charge in [-0.05, 0) is 69.6 Å². The number of hydrogen-bond donors (Lipinski definition) is 2. The predicted molar refractivity (Wildman–Crippen MR) is 97.5 cm³/mol. The van der Waals surface area contributed by atoms with E-state index in [-0.39, 0.29) is 0 Å². The van der Waals surface area contributed by atoms with Gasteiger partial charge in [-0.2, -0.15) is 0 Å². The Hall–Kier alpha value is -2.30. The zero-order valence-electron chi connectivity index (χ0n) is 14.6. The molecule has 0 amide bonds. The van der Waals surface area contributed by atoms with Crippen LogP contribution in [0.2, 0.25) is 0 Å². The van der Waals surface area contributed by atoms with Gasteiger partial charge in [-0.3, -0.25) is 4.99 Å². The van der Waals surface area contributed by atoms with Crippen molar-refractivity contribution in [2.75, 3.05) is 11.9 Å². The third-order valence-electron chi connectivity index (χ3n) is 4.71. The van der Waals surface area contributed by atoms with Crippen LogP contribution >= 0.6 is 0 Å². The lowest BCUT2D eigenvalue weighted by Gasteiger charge is -2.19. The highest BCUT2D eigenvalue weighted by atomic mass is 16.5. The van der Waals surface area contributed by atoms with Crippen LogP contribution in [0, 0.1) is 13.8 Å². The van der Waals surface area contributed by atoms with E-state index >= 15 is 0 Å². The van der Waals surface area contributed by atoms with Gasteiger partial charge in [0.25, 0.3) is 0 Å². The van der Waals surface area contributed by atoms with Gasteiger partial charge in [-0.25, -0.2) is 0 Å². The van der Waals surface area contributed by atoms with Crippen LogP contribution in [0.15, 0.2) is 27.7 Å². The molecule has 1 aromatic carbocycles. The van der Waals surface area contributed by atoms with Crippen molar-refractivity contribution >= 4 is 11.6 Å². The molecule has 0 radical (unpaired) electrons. The van der Waals surface area contributed by atoms with Crippen LogP contribution in [0.3, 0.4) is 0 Å². The lowest BCUT2D eigenvalue weighted by molar-refractivity contribution is 0.392. The number of guanidine groups is 1. The molecule has 0 saturated carbocycles. The second-order valence-corrected chi connectivity index (χ2v) is 6.45. The number of anilines is 1. The standard InChI is InChI=1S/C19H26N4O/c1-13-16(14(2)24-23-13)10-6-12-21-19(20)22-18-11-5-8-15-7-3-4-9-17(15)18/h5,8,11H,3-4,6-7,9-10,12H2,1-2H3,(H3,20,21,22). The Bertz CT molecular complexity index is 713. The molecule has 3 rings (SSSR count). The highest BCUT2D eigenvalue weighted by Gasteiger charge is 2.13. The van der Waals surface area contributed by atoms with Crippen molar-refractivity contribution in [3.05, 3.63) is 46.3 Å². The summed E-state index contributed by atoms with van der Waals surface area (Å²) < 4.78 is 5.18. The van der Waals surface area contributed by atoms with Crippen molar-refractivity contribution in [3.8, 4) is 0 Å². The van der Waals surface area contributed by atoms with Gasteiger partial charge in [0.15, 0.2) is 5.96 Å². The molecule has 0 saturated heterocycles. The molecule has 0 fully saturated rings. The molecule has 0 aliphatic heterocycles. The number of benzene rings is 1. The number of hydrogen-bond acceptors (Lipinski definition) is 3. The van der Waals surface area contributed by atoms with E-state index in [0.717, 1.165) is 36.4 Å². The lowest BCUT2D eigenvalue weighted by atomic mass is 9.90. The van der Waals surface area contributed by atoms with Crippen LogP contribution in [-0.4, -0.2) is 17.7 Å². The number of aromatic nitrogens is 1. The zero-order chi connectivity index (χ0) is 16.9. The Kier molecular flexibility index (Phi) is 5.18. The van der Waals surface area contributed by atoms with Crippen molar-refractivity contribution < 1.29 is 4.52 Å². The van der Waals surface area contributed by atoms with E-state index in [2.05, 4.69) is 33.7 Å². The van der Waals surface area contributed by atoms with Gasteiger partial charge in [0.2, 0.25) is 0 Å². The largest absolute Gasteiger partial charge is 0.370 e. The number of nitrogens with two attached hydrogens (primary N) is 1. The number of fused-ring (bicyclic) bond motifs is 1. The van der Waals surface area contributed by atoms with Crippen molar-refractivity contribution in [2.24, 2.45) is 10.7 Å². The fourth-order valence-corrected chi connectivity index (χ4v) is 3.39. The van der Waals surface area contributed by atoms with E-state index < -0.39 is 0 Å². The highest BCUT2D eigenvalue weighted by Crippen LogP contribution is 2.27. The average Bonchev–Trinajstić information content (AvgIpc) is 2.90. The van der Waals surface area contributed by atoms with E-state index in [4.69, 9.17) is 10.3 Å². The normalized spacial score (nSPS) is 14.5. The van der Waals surface area contributed by atoms with Gasteiger partial charge in [0, 0.05) is 17.8 Å². The predicted octanol–water partition coefficient (Wildman–Crippen LogP) is 3.53. The van der Waals surface area contributed by atoms with E-state index in [1.54, 1.807) is 0 Å². The summed E-state index contributed by atoms with van der Waals surface area (Å²) in [6.45, 7) is 4.62. The second kappa shape index (κ2) is 7.51. The van der Waals surface area contributed by atoms with E-state index in [1.165, 1.54) is 36.0 Å². The Balaban J connectivity index is 1.55. The summed E-state index contributed by atoms with van der Waals surface area (Å²) in [5.74, 6) is 1.39. The molecule has 1 aromatic heterocycles. The molecule has 0 atom stereocenters. The minimum absolute atomic E-state index is 0.493. The highest BCUT2D eigenvalue weighted by molar-refractivity contribution is 5.93. The maximum absolute atomic E-state index is 6.07. The Morgan fingerprint density at radius 3 is 2.92 bits per heavy atom. The summed E-state index contributed by atoms with van der Waals surface area (Å²) in [5, 5.41) is 7.26. The van der Waals surface area contributed by atoms with Crippen LogP contribution in [0.25, 0.3) is 0 Å². The lowest BCUT2D eigenvalue weighted by Crippen LogP contribution is -2.24. The van der Waals surface area contributed by atoms with Gasteiger partial charge in [-0.15, -0.1) is 0 Å². The third kappa shape index (κ3) is 3.78. The molecule has 2 aromatic rings. The third-order valence-corrected chi connectivity index (χ3v) is 4.71. The van der Waals surface area contributed by atoms with E-state index in [1.807, 2.05) is 13.8 Å². The molecule has 0 bridgehead atoms. The molecular formula is C19H26N4O. The molecule has 3 N–H and O–H groups in total.